The molecule has 1 amide bonds. The van der Waals surface area contributed by atoms with Crippen LogP contribution in [0.15, 0.2) is 72.2 Å². The summed E-state index contributed by atoms with van der Waals surface area (Å²) in [7, 11) is 1.81. The van der Waals surface area contributed by atoms with Gasteiger partial charge in [-0.25, -0.2) is 0 Å². The van der Waals surface area contributed by atoms with Crippen LogP contribution in [0.5, 0.6) is 11.5 Å². The summed E-state index contributed by atoms with van der Waals surface area (Å²) in [6.45, 7) is 2.17. The number of fused-ring (bicyclic) bond motifs is 1. The normalized spacial score (nSPS) is 12.5. The van der Waals surface area contributed by atoms with Crippen molar-refractivity contribution >= 4 is 17.2 Å². The molecule has 0 spiro atoms. The third-order valence-electron chi connectivity index (χ3n) is 5.31. The number of carbonyl (C=O) groups excluding carboxylic acids is 1. The molecule has 0 saturated carbocycles. The number of ether oxygens (including phenoxy) is 2. The van der Waals surface area contributed by atoms with E-state index in [0.717, 1.165) is 33.2 Å². The molecule has 0 aliphatic carbocycles. The van der Waals surface area contributed by atoms with E-state index in [1.165, 1.54) is 0 Å². The van der Waals surface area contributed by atoms with Gasteiger partial charge in [0.2, 0.25) is 0 Å². The monoisotopic (exact) mass is 445 g/mol. The third-order valence-corrected chi connectivity index (χ3v) is 6.18. The summed E-state index contributed by atoms with van der Waals surface area (Å²) in [5.41, 5.74) is 3.44. The number of benzene rings is 2. The Bertz CT molecular complexity index is 1220. The van der Waals surface area contributed by atoms with Gasteiger partial charge in [-0.15, -0.1) is 11.3 Å². The van der Waals surface area contributed by atoms with E-state index >= 15 is 0 Å². The van der Waals surface area contributed by atoms with Gasteiger partial charge in [-0.3, -0.25) is 9.48 Å². The molecule has 5 rings (SSSR count). The number of thiophene rings is 1. The fraction of sp³-hybridized carbons (Fsp3) is 0.200. The Morgan fingerprint density at radius 2 is 1.84 bits per heavy atom. The van der Waals surface area contributed by atoms with Crippen LogP contribution >= 0.6 is 11.3 Å². The predicted octanol–water partition coefficient (Wildman–Crippen LogP) is 4.70. The fourth-order valence-electron chi connectivity index (χ4n) is 3.76. The molecule has 0 bridgehead atoms. The lowest BCUT2D eigenvalue weighted by Crippen LogP contribution is -2.26. The average Bonchev–Trinajstić information content (AvgIpc) is 3.49. The van der Waals surface area contributed by atoms with Crippen molar-refractivity contribution in [2.45, 2.75) is 13.1 Å². The number of rotatable bonds is 6. The minimum atomic E-state index is -0.0670. The first kappa shape index (κ1) is 20.3. The van der Waals surface area contributed by atoms with E-state index in [2.05, 4.69) is 12.1 Å². The Labute approximate surface area is 190 Å². The number of nitrogens with zero attached hydrogens (tertiary/aromatic N) is 3. The molecule has 0 atom stereocenters. The fourth-order valence-corrected chi connectivity index (χ4v) is 4.49. The van der Waals surface area contributed by atoms with Gasteiger partial charge in [0, 0.05) is 19.8 Å². The molecule has 0 unspecified atom stereocenters. The van der Waals surface area contributed by atoms with Crippen molar-refractivity contribution in [3.63, 3.8) is 0 Å². The SMILES string of the molecule is CN(Cc1ccc2c(c1)OCCO2)C(=O)c1cn(Cc2ccccc2)nc1-c1cccs1. The first-order chi connectivity index (χ1) is 15.7. The zero-order chi connectivity index (χ0) is 21.9. The maximum absolute atomic E-state index is 13.4. The lowest BCUT2D eigenvalue weighted by molar-refractivity contribution is 0.0785. The minimum absolute atomic E-state index is 0.0670. The van der Waals surface area contributed by atoms with Crippen LogP contribution in [0.3, 0.4) is 0 Å². The highest BCUT2D eigenvalue weighted by Crippen LogP contribution is 2.32. The number of hydrogen-bond acceptors (Lipinski definition) is 5. The molecular formula is C25H23N3O3S. The van der Waals surface area contributed by atoms with Crippen LogP contribution in [0, 0.1) is 0 Å². The molecule has 0 N–H and O–H groups in total. The van der Waals surface area contributed by atoms with Gasteiger partial charge in [0.1, 0.15) is 18.9 Å². The van der Waals surface area contributed by atoms with Crippen LogP contribution in [-0.4, -0.2) is 40.8 Å². The summed E-state index contributed by atoms with van der Waals surface area (Å²) in [6.07, 6.45) is 1.85. The molecule has 7 heteroatoms. The van der Waals surface area contributed by atoms with E-state index in [-0.39, 0.29) is 5.91 Å². The summed E-state index contributed by atoms with van der Waals surface area (Å²) in [5, 5.41) is 6.76. The number of aromatic nitrogens is 2. The van der Waals surface area contributed by atoms with Gasteiger partial charge in [0.15, 0.2) is 11.5 Å². The molecule has 0 radical (unpaired) electrons. The zero-order valence-electron chi connectivity index (χ0n) is 17.7. The van der Waals surface area contributed by atoms with E-state index in [1.54, 1.807) is 16.2 Å². The van der Waals surface area contributed by atoms with E-state index in [9.17, 15) is 4.79 Å². The highest BCUT2D eigenvalue weighted by molar-refractivity contribution is 7.13. The predicted molar refractivity (Wildman–Crippen MR) is 124 cm³/mol. The van der Waals surface area contributed by atoms with E-state index < -0.39 is 0 Å². The Kier molecular flexibility index (Phi) is 5.64. The number of amides is 1. The molecule has 1 aliphatic heterocycles. The van der Waals surface area contributed by atoms with E-state index in [4.69, 9.17) is 14.6 Å². The number of carbonyl (C=O) groups is 1. The van der Waals surface area contributed by atoms with Crippen LogP contribution in [0.25, 0.3) is 10.6 Å². The van der Waals surface area contributed by atoms with Gasteiger partial charge in [-0.2, -0.15) is 5.10 Å². The Balaban J connectivity index is 1.40. The van der Waals surface area contributed by atoms with Gasteiger partial charge >= 0.3 is 0 Å². The van der Waals surface area contributed by atoms with Crippen molar-refractivity contribution in [2.75, 3.05) is 20.3 Å². The van der Waals surface area contributed by atoms with E-state index in [0.29, 0.717) is 31.9 Å². The number of hydrogen-bond donors (Lipinski definition) is 0. The summed E-state index contributed by atoms with van der Waals surface area (Å²) >= 11 is 1.58. The second kappa shape index (κ2) is 8.88. The van der Waals surface area contributed by atoms with Crippen molar-refractivity contribution in [2.24, 2.45) is 0 Å². The van der Waals surface area contributed by atoms with Crippen molar-refractivity contribution in [1.29, 1.82) is 0 Å². The quantitative estimate of drug-likeness (QED) is 0.432. The van der Waals surface area contributed by atoms with Gasteiger partial charge in [0.05, 0.1) is 17.0 Å². The van der Waals surface area contributed by atoms with Crippen molar-refractivity contribution in [3.8, 4) is 22.1 Å². The van der Waals surface area contributed by atoms with Crippen LogP contribution in [0.1, 0.15) is 21.5 Å². The lowest BCUT2D eigenvalue weighted by atomic mass is 10.1. The van der Waals surface area contributed by atoms with Crippen LogP contribution < -0.4 is 9.47 Å². The molecule has 4 aromatic rings. The van der Waals surface area contributed by atoms with Crippen LogP contribution in [-0.2, 0) is 13.1 Å². The molecule has 0 saturated heterocycles. The molecular weight excluding hydrogens is 422 g/mol. The van der Waals surface area contributed by atoms with Gasteiger partial charge in [0.25, 0.3) is 5.91 Å². The Morgan fingerprint density at radius 3 is 2.62 bits per heavy atom. The highest BCUT2D eigenvalue weighted by Gasteiger charge is 2.22. The minimum Gasteiger partial charge on any atom is -0.486 e. The highest BCUT2D eigenvalue weighted by atomic mass is 32.1. The van der Waals surface area contributed by atoms with Gasteiger partial charge in [-0.1, -0.05) is 42.5 Å². The second-order valence-electron chi connectivity index (χ2n) is 7.69. The van der Waals surface area contributed by atoms with E-state index in [1.807, 2.05) is 71.8 Å². The first-order valence-corrected chi connectivity index (χ1v) is 11.3. The lowest BCUT2D eigenvalue weighted by Gasteiger charge is -2.21. The van der Waals surface area contributed by atoms with Crippen molar-refractivity contribution in [3.05, 3.63) is 88.9 Å². The van der Waals surface area contributed by atoms with Gasteiger partial charge < -0.3 is 14.4 Å². The summed E-state index contributed by atoms with van der Waals surface area (Å²) in [6, 6.07) is 19.9. The van der Waals surface area contributed by atoms with Crippen molar-refractivity contribution in [1.82, 2.24) is 14.7 Å². The zero-order valence-corrected chi connectivity index (χ0v) is 18.5. The first-order valence-electron chi connectivity index (χ1n) is 10.5. The summed E-state index contributed by atoms with van der Waals surface area (Å²) in [4.78, 5) is 16.1. The largest absolute Gasteiger partial charge is 0.486 e. The van der Waals surface area contributed by atoms with Crippen LogP contribution in [0.4, 0.5) is 0 Å². The molecule has 32 heavy (non-hydrogen) atoms. The maximum Gasteiger partial charge on any atom is 0.257 e. The molecule has 6 nitrogen and oxygen atoms in total. The molecule has 2 aromatic heterocycles. The second-order valence-corrected chi connectivity index (χ2v) is 8.64. The molecule has 3 heterocycles. The standard InChI is InChI=1S/C25H23N3O3S/c1-27(15-19-9-10-21-22(14-19)31-12-11-30-21)25(29)20-17-28(16-18-6-3-2-4-7-18)26-24(20)23-8-5-13-32-23/h2-10,13-14,17H,11-12,15-16H2,1H3. The maximum atomic E-state index is 13.4. The Morgan fingerprint density at radius 1 is 1.03 bits per heavy atom. The summed E-state index contributed by atoms with van der Waals surface area (Å²) < 4.78 is 13.1. The average molecular weight is 446 g/mol. The molecule has 2 aromatic carbocycles. The van der Waals surface area contributed by atoms with Crippen molar-refractivity contribution < 1.29 is 14.3 Å². The topological polar surface area (TPSA) is 56.6 Å². The summed E-state index contributed by atoms with van der Waals surface area (Å²) in [5.74, 6) is 1.41. The van der Waals surface area contributed by atoms with Crippen LogP contribution in [0.2, 0.25) is 0 Å². The molecule has 0 fully saturated rings. The molecule has 162 valence electrons. The smallest absolute Gasteiger partial charge is 0.257 e. The molecule has 1 aliphatic rings. The van der Waals surface area contributed by atoms with Gasteiger partial charge in [-0.05, 0) is 34.7 Å². The Hall–Kier alpha value is -3.58. The third kappa shape index (κ3) is 4.24.